The molecule has 0 saturated carbocycles. The van der Waals surface area contributed by atoms with Gasteiger partial charge in [0.15, 0.2) is 0 Å². The third-order valence-electron chi connectivity index (χ3n) is 4.44. The van der Waals surface area contributed by atoms with Crippen molar-refractivity contribution in [2.75, 3.05) is 23.7 Å². The van der Waals surface area contributed by atoms with Crippen LogP contribution in [-0.2, 0) is 14.8 Å². The maximum Gasteiger partial charge on any atom is 0.232 e. The number of amides is 1. The number of anilines is 1. The largest absolute Gasteiger partial charge is 0.356 e. The zero-order valence-electron chi connectivity index (χ0n) is 15.2. The van der Waals surface area contributed by atoms with Gasteiger partial charge in [-0.3, -0.25) is 9.10 Å². The molecule has 0 spiro atoms. The number of carbonyl (C=O) groups excluding carboxylic acids is 1. The number of hydrogen-bond donors (Lipinski definition) is 1. The van der Waals surface area contributed by atoms with E-state index in [4.69, 9.17) is 0 Å². The maximum absolute atomic E-state index is 13.9. The normalized spacial score (nSPS) is 14.6. The minimum atomic E-state index is -3.62. The van der Waals surface area contributed by atoms with Gasteiger partial charge in [-0.25, -0.2) is 12.8 Å². The molecule has 0 aliphatic heterocycles. The second-order valence-electron chi connectivity index (χ2n) is 6.60. The summed E-state index contributed by atoms with van der Waals surface area (Å²) in [5.74, 6) is -0.702. The molecule has 1 aromatic carbocycles. The molecule has 0 fully saturated rings. The number of nitrogens with zero attached hydrogens (tertiary/aromatic N) is 1. The van der Waals surface area contributed by atoms with Crippen molar-refractivity contribution in [1.82, 2.24) is 5.32 Å². The van der Waals surface area contributed by atoms with Crippen LogP contribution in [0.15, 0.2) is 35.9 Å². The molecular formula is C19H27FN2O3S. The summed E-state index contributed by atoms with van der Waals surface area (Å²) in [5.41, 5.74) is 1.42. The summed E-state index contributed by atoms with van der Waals surface area (Å²) in [5, 5.41) is 2.87. The van der Waals surface area contributed by atoms with Crippen molar-refractivity contribution in [2.24, 2.45) is 0 Å². The highest BCUT2D eigenvalue weighted by atomic mass is 32.2. The van der Waals surface area contributed by atoms with E-state index in [1.165, 1.54) is 36.6 Å². The van der Waals surface area contributed by atoms with Gasteiger partial charge in [-0.1, -0.05) is 23.8 Å². The summed E-state index contributed by atoms with van der Waals surface area (Å²) in [6.45, 7) is 0.673. The molecule has 1 amide bonds. The molecule has 144 valence electrons. The molecule has 2 rings (SSSR count). The van der Waals surface area contributed by atoms with Gasteiger partial charge in [0.25, 0.3) is 0 Å². The van der Waals surface area contributed by atoms with E-state index in [0.29, 0.717) is 13.0 Å². The van der Waals surface area contributed by atoms with Gasteiger partial charge in [-0.05, 0) is 50.7 Å². The molecule has 1 aliphatic rings. The van der Waals surface area contributed by atoms with Crippen LogP contribution in [0.3, 0.4) is 0 Å². The number of nitrogens with one attached hydrogen (secondary N) is 1. The predicted octanol–water partition coefficient (Wildman–Crippen LogP) is 3.38. The summed E-state index contributed by atoms with van der Waals surface area (Å²) in [7, 11) is -3.62. The van der Waals surface area contributed by atoms with Crippen molar-refractivity contribution in [3.05, 3.63) is 41.7 Å². The summed E-state index contributed by atoms with van der Waals surface area (Å²) >= 11 is 0. The first-order chi connectivity index (χ1) is 12.4. The Bertz CT molecular complexity index is 747. The van der Waals surface area contributed by atoms with E-state index in [-0.39, 0.29) is 24.6 Å². The van der Waals surface area contributed by atoms with E-state index in [9.17, 15) is 17.6 Å². The van der Waals surface area contributed by atoms with Crippen molar-refractivity contribution in [3.8, 4) is 0 Å². The topological polar surface area (TPSA) is 66.5 Å². The Kier molecular flexibility index (Phi) is 7.63. The summed E-state index contributed by atoms with van der Waals surface area (Å²) in [4.78, 5) is 11.9. The fourth-order valence-corrected chi connectivity index (χ4v) is 4.05. The number of para-hydroxylation sites is 1. The van der Waals surface area contributed by atoms with Crippen LogP contribution in [0.5, 0.6) is 0 Å². The van der Waals surface area contributed by atoms with Crippen molar-refractivity contribution >= 4 is 21.6 Å². The van der Waals surface area contributed by atoms with Gasteiger partial charge < -0.3 is 5.32 Å². The van der Waals surface area contributed by atoms with E-state index in [0.717, 1.165) is 29.8 Å². The van der Waals surface area contributed by atoms with Crippen molar-refractivity contribution in [1.29, 1.82) is 0 Å². The third kappa shape index (κ3) is 6.44. The van der Waals surface area contributed by atoms with Crippen LogP contribution in [0.25, 0.3) is 0 Å². The zero-order valence-corrected chi connectivity index (χ0v) is 16.0. The molecule has 5 nitrogen and oxygen atoms in total. The van der Waals surface area contributed by atoms with Crippen LogP contribution in [0.2, 0.25) is 0 Å². The Morgan fingerprint density at radius 3 is 2.69 bits per heavy atom. The molecule has 0 bridgehead atoms. The van der Waals surface area contributed by atoms with Gasteiger partial charge >= 0.3 is 0 Å². The Morgan fingerprint density at radius 2 is 2.04 bits per heavy atom. The van der Waals surface area contributed by atoms with Crippen LogP contribution in [0, 0.1) is 5.82 Å². The van der Waals surface area contributed by atoms with Crippen molar-refractivity contribution in [3.63, 3.8) is 0 Å². The highest BCUT2D eigenvalue weighted by Gasteiger charge is 2.20. The van der Waals surface area contributed by atoms with Gasteiger partial charge in [0.1, 0.15) is 5.82 Å². The lowest BCUT2D eigenvalue weighted by Gasteiger charge is -2.22. The van der Waals surface area contributed by atoms with E-state index in [1.807, 2.05) is 0 Å². The SMILES string of the molecule is CS(=O)(=O)N(CCCC(=O)NCCC1=CCCCC1)c1ccccc1F. The van der Waals surface area contributed by atoms with Gasteiger partial charge in [0.05, 0.1) is 11.9 Å². The van der Waals surface area contributed by atoms with Gasteiger partial charge in [0.2, 0.25) is 15.9 Å². The highest BCUT2D eigenvalue weighted by Crippen LogP contribution is 2.22. The Labute approximate surface area is 155 Å². The van der Waals surface area contributed by atoms with Crippen molar-refractivity contribution in [2.45, 2.75) is 44.9 Å². The van der Waals surface area contributed by atoms with Gasteiger partial charge in [-0.15, -0.1) is 0 Å². The number of carbonyl (C=O) groups is 1. The number of sulfonamides is 1. The molecule has 1 aromatic rings. The smallest absolute Gasteiger partial charge is 0.232 e. The molecule has 1 aliphatic carbocycles. The molecular weight excluding hydrogens is 355 g/mol. The van der Waals surface area contributed by atoms with Crippen molar-refractivity contribution < 1.29 is 17.6 Å². The summed E-state index contributed by atoms with van der Waals surface area (Å²) in [6, 6.07) is 5.74. The van der Waals surface area contributed by atoms with Gasteiger partial charge in [0, 0.05) is 19.5 Å². The van der Waals surface area contributed by atoms with Crippen LogP contribution in [0.4, 0.5) is 10.1 Å². The van der Waals surface area contributed by atoms with E-state index in [2.05, 4.69) is 11.4 Å². The molecule has 0 saturated heterocycles. The Hall–Kier alpha value is -1.89. The highest BCUT2D eigenvalue weighted by molar-refractivity contribution is 7.92. The number of hydrogen-bond acceptors (Lipinski definition) is 3. The molecule has 0 atom stereocenters. The maximum atomic E-state index is 13.9. The molecule has 0 radical (unpaired) electrons. The van der Waals surface area contributed by atoms with Crippen LogP contribution in [0.1, 0.15) is 44.9 Å². The lowest BCUT2D eigenvalue weighted by atomic mass is 9.97. The minimum Gasteiger partial charge on any atom is -0.356 e. The third-order valence-corrected chi connectivity index (χ3v) is 5.62. The molecule has 26 heavy (non-hydrogen) atoms. The lowest BCUT2D eigenvalue weighted by Crippen LogP contribution is -2.33. The second kappa shape index (κ2) is 9.71. The number of allylic oxidation sites excluding steroid dienone is 1. The zero-order chi connectivity index (χ0) is 19.0. The quantitative estimate of drug-likeness (QED) is 0.666. The van der Waals surface area contributed by atoms with Crippen LogP contribution >= 0.6 is 0 Å². The molecule has 0 unspecified atom stereocenters. The Balaban J connectivity index is 1.79. The first-order valence-corrected chi connectivity index (χ1v) is 10.9. The average molecular weight is 383 g/mol. The molecule has 7 heteroatoms. The summed E-state index contributed by atoms with van der Waals surface area (Å²) < 4.78 is 38.8. The fraction of sp³-hybridized carbons (Fsp3) is 0.526. The monoisotopic (exact) mass is 382 g/mol. The van der Waals surface area contributed by atoms with E-state index >= 15 is 0 Å². The number of benzene rings is 1. The van der Waals surface area contributed by atoms with Crippen LogP contribution < -0.4 is 9.62 Å². The first kappa shape index (κ1) is 20.4. The fourth-order valence-electron chi connectivity index (χ4n) is 3.08. The lowest BCUT2D eigenvalue weighted by molar-refractivity contribution is -0.121. The van der Waals surface area contributed by atoms with E-state index in [1.54, 1.807) is 6.07 Å². The predicted molar refractivity (Wildman–Crippen MR) is 102 cm³/mol. The minimum absolute atomic E-state index is 0.0136. The van der Waals surface area contributed by atoms with E-state index < -0.39 is 15.8 Å². The summed E-state index contributed by atoms with van der Waals surface area (Å²) in [6.07, 6.45) is 9.41. The van der Waals surface area contributed by atoms with Crippen LogP contribution in [-0.4, -0.2) is 33.7 Å². The standard InChI is InChI=1S/C19H27FN2O3S/c1-26(24,25)22(18-11-6-5-10-17(18)20)15-7-12-19(23)21-14-13-16-8-3-2-4-9-16/h5-6,8,10-11H,2-4,7,9,12-15H2,1H3,(H,21,23). The number of rotatable bonds is 9. The second-order valence-corrected chi connectivity index (χ2v) is 8.51. The molecule has 0 heterocycles. The number of halogens is 1. The first-order valence-electron chi connectivity index (χ1n) is 9.05. The Morgan fingerprint density at radius 1 is 1.27 bits per heavy atom. The molecule has 1 N–H and O–H groups in total. The van der Waals surface area contributed by atoms with Gasteiger partial charge in [-0.2, -0.15) is 0 Å². The molecule has 0 aromatic heterocycles. The average Bonchev–Trinajstić information content (AvgIpc) is 2.60.